The van der Waals surface area contributed by atoms with Gasteiger partial charge in [0, 0.05) is 6.42 Å². The number of hydrogen-bond donors (Lipinski definition) is 2. The number of carbonyl (C=O) groups excluding carboxylic acids is 1. The van der Waals surface area contributed by atoms with Crippen LogP contribution in [0.15, 0.2) is 29.4 Å². The van der Waals surface area contributed by atoms with Crippen molar-refractivity contribution >= 4 is 11.6 Å². The number of hydrogen-bond acceptors (Lipinski definition) is 3. The van der Waals surface area contributed by atoms with Crippen LogP contribution < -0.4 is 5.73 Å². The predicted octanol–water partition coefficient (Wildman–Crippen LogP) is 0.684. The van der Waals surface area contributed by atoms with Crippen LogP contribution in [0.25, 0.3) is 0 Å². The number of halogens is 1. The second-order valence-corrected chi connectivity index (χ2v) is 2.71. The molecule has 0 aliphatic heterocycles. The molecule has 1 aromatic carbocycles. The highest BCUT2D eigenvalue weighted by molar-refractivity contribution is 6.38. The topological polar surface area (TPSA) is 75.7 Å². The molecule has 4 nitrogen and oxygen atoms in total. The lowest BCUT2D eigenvalue weighted by Crippen LogP contribution is -2.25. The molecule has 0 aliphatic carbocycles. The van der Waals surface area contributed by atoms with E-state index in [1.165, 1.54) is 24.3 Å². The fourth-order valence-corrected chi connectivity index (χ4v) is 0.967. The zero-order chi connectivity index (χ0) is 10.6. The summed E-state index contributed by atoms with van der Waals surface area (Å²) in [5.41, 5.74) is 5.42. The summed E-state index contributed by atoms with van der Waals surface area (Å²) in [6.45, 7) is 0. The third-order valence-corrected chi connectivity index (χ3v) is 1.69. The van der Waals surface area contributed by atoms with Gasteiger partial charge in [-0.05, 0) is 17.7 Å². The first kappa shape index (κ1) is 10.2. The SMILES string of the molecule is NC(=O)C(Cc1ccc(F)cc1)=NO. The first-order valence-corrected chi connectivity index (χ1v) is 3.88. The number of oxime groups is 1. The molecule has 0 heterocycles. The fourth-order valence-electron chi connectivity index (χ4n) is 0.967. The van der Waals surface area contributed by atoms with Gasteiger partial charge in [0.15, 0.2) is 0 Å². The Morgan fingerprint density at radius 1 is 1.43 bits per heavy atom. The summed E-state index contributed by atoms with van der Waals surface area (Å²) in [4.78, 5) is 10.7. The highest BCUT2D eigenvalue weighted by Crippen LogP contribution is 2.04. The maximum absolute atomic E-state index is 12.5. The maximum Gasteiger partial charge on any atom is 0.266 e. The average molecular weight is 196 g/mol. The number of nitrogens with zero attached hydrogens (tertiary/aromatic N) is 1. The van der Waals surface area contributed by atoms with Crippen molar-refractivity contribution in [2.45, 2.75) is 6.42 Å². The Hall–Kier alpha value is -1.91. The van der Waals surface area contributed by atoms with E-state index in [0.717, 1.165) is 0 Å². The smallest absolute Gasteiger partial charge is 0.266 e. The zero-order valence-electron chi connectivity index (χ0n) is 7.27. The minimum atomic E-state index is -0.795. The molecule has 1 rings (SSSR count). The summed E-state index contributed by atoms with van der Waals surface area (Å²) in [7, 11) is 0. The first-order valence-electron chi connectivity index (χ1n) is 3.88. The summed E-state index contributed by atoms with van der Waals surface area (Å²) < 4.78 is 12.5. The number of rotatable bonds is 3. The standard InChI is InChI=1S/C9H9FN2O2/c10-7-3-1-6(2-4-7)5-8(12-14)9(11)13/h1-4,14H,5H2,(H2,11,13). The van der Waals surface area contributed by atoms with Crippen molar-refractivity contribution in [2.24, 2.45) is 10.9 Å². The number of carbonyl (C=O) groups is 1. The van der Waals surface area contributed by atoms with Crippen LogP contribution in [-0.4, -0.2) is 16.8 Å². The molecule has 0 aliphatic rings. The van der Waals surface area contributed by atoms with Gasteiger partial charge in [-0.15, -0.1) is 0 Å². The van der Waals surface area contributed by atoms with Crippen molar-refractivity contribution in [1.82, 2.24) is 0 Å². The molecular weight excluding hydrogens is 187 g/mol. The number of primary amides is 1. The van der Waals surface area contributed by atoms with Gasteiger partial charge in [-0.2, -0.15) is 0 Å². The molecule has 0 bridgehead atoms. The van der Waals surface area contributed by atoms with Crippen LogP contribution in [-0.2, 0) is 11.2 Å². The van der Waals surface area contributed by atoms with Crippen LogP contribution in [0.4, 0.5) is 4.39 Å². The van der Waals surface area contributed by atoms with Gasteiger partial charge in [-0.1, -0.05) is 17.3 Å². The quantitative estimate of drug-likeness (QED) is 0.424. The number of benzene rings is 1. The Morgan fingerprint density at radius 3 is 2.43 bits per heavy atom. The molecule has 0 saturated heterocycles. The van der Waals surface area contributed by atoms with E-state index in [2.05, 4.69) is 5.16 Å². The Bertz CT molecular complexity index is 360. The van der Waals surface area contributed by atoms with Crippen LogP contribution in [0.1, 0.15) is 5.56 Å². The van der Waals surface area contributed by atoms with E-state index in [9.17, 15) is 9.18 Å². The summed E-state index contributed by atoms with van der Waals surface area (Å²) in [5.74, 6) is -1.16. The molecule has 0 saturated carbocycles. The van der Waals surface area contributed by atoms with Gasteiger partial charge in [0.25, 0.3) is 5.91 Å². The van der Waals surface area contributed by atoms with Crippen LogP contribution in [0.3, 0.4) is 0 Å². The normalized spacial score (nSPS) is 11.4. The van der Waals surface area contributed by atoms with E-state index in [1.807, 2.05) is 0 Å². The number of amides is 1. The summed E-state index contributed by atoms with van der Waals surface area (Å²) in [6, 6.07) is 5.49. The molecule has 0 fully saturated rings. The third-order valence-electron chi connectivity index (χ3n) is 1.69. The van der Waals surface area contributed by atoms with Gasteiger partial charge in [0.2, 0.25) is 0 Å². The molecule has 1 amide bonds. The highest BCUT2D eigenvalue weighted by Gasteiger charge is 2.08. The van der Waals surface area contributed by atoms with Gasteiger partial charge in [0.1, 0.15) is 11.5 Å². The van der Waals surface area contributed by atoms with Crippen LogP contribution in [0.5, 0.6) is 0 Å². The zero-order valence-corrected chi connectivity index (χ0v) is 7.27. The minimum Gasteiger partial charge on any atom is -0.410 e. The molecule has 3 N–H and O–H groups in total. The van der Waals surface area contributed by atoms with E-state index in [0.29, 0.717) is 5.56 Å². The lowest BCUT2D eigenvalue weighted by atomic mass is 10.1. The summed E-state index contributed by atoms with van der Waals surface area (Å²) >= 11 is 0. The van der Waals surface area contributed by atoms with Crippen LogP contribution in [0.2, 0.25) is 0 Å². The molecule has 0 unspecified atom stereocenters. The second-order valence-electron chi connectivity index (χ2n) is 2.71. The fraction of sp³-hybridized carbons (Fsp3) is 0.111. The van der Waals surface area contributed by atoms with Crippen LogP contribution in [0, 0.1) is 5.82 Å². The third kappa shape index (κ3) is 2.55. The molecule has 5 heteroatoms. The molecule has 0 aromatic heterocycles. The van der Waals surface area contributed by atoms with E-state index in [-0.39, 0.29) is 17.9 Å². The average Bonchev–Trinajstić information content (AvgIpc) is 2.16. The van der Waals surface area contributed by atoms with Crippen molar-refractivity contribution in [2.75, 3.05) is 0 Å². The molecular formula is C9H9FN2O2. The molecule has 0 radical (unpaired) electrons. The molecule has 74 valence electrons. The molecule has 14 heavy (non-hydrogen) atoms. The van der Waals surface area contributed by atoms with E-state index in [1.54, 1.807) is 0 Å². The molecule has 0 spiro atoms. The first-order chi connectivity index (χ1) is 6.63. The van der Waals surface area contributed by atoms with Crippen molar-refractivity contribution in [3.05, 3.63) is 35.6 Å². The van der Waals surface area contributed by atoms with Crippen molar-refractivity contribution < 1.29 is 14.4 Å². The number of nitrogens with two attached hydrogens (primary N) is 1. The van der Waals surface area contributed by atoms with Gasteiger partial charge in [0.05, 0.1) is 0 Å². The van der Waals surface area contributed by atoms with Gasteiger partial charge >= 0.3 is 0 Å². The summed E-state index contributed by atoms with van der Waals surface area (Å²) in [5, 5.41) is 11.2. The van der Waals surface area contributed by atoms with Gasteiger partial charge in [-0.3, -0.25) is 4.79 Å². The lowest BCUT2D eigenvalue weighted by Gasteiger charge is -2.00. The van der Waals surface area contributed by atoms with Crippen molar-refractivity contribution in [1.29, 1.82) is 0 Å². The second kappa shape index (κ2) is 4.36. The Labute approximate surface area is 79.8 Å². The van der Waals surface area contributed by atoms with E-state index in [4.69, 9.17) is 10.9 Å². The van der Waals surface area contributed by atoms with E-state index >= 15 is 0 Å². The van der Waals surface area contributed by atoms with Gasteiger partial charge < -0.3 is 10.9 Å². The van der Waals surface area contributed by atoms with Crippen molar-refractivity contribution in [3.8, 4) is 0 Å². The summed E-state index contributed by atoms with van der Waals surface area (Å²) in [6.07, 6.45) is 0.0894. The minimum absolute atomic E-state index is 0.0894. The van der Waals surface area contributed by atoms with Crippen molar-refractivity contribution in [3.63, 3.8) is 0 Å². The predicted molar refractivity (Wildman–Crippen MR) is 48.5 cm³/mol. The Morgan fingerprint density at radius 2 is 2.00 bits per heavy atom. The Balaban J connectivity index is 2.78. The highest BCUT2D eigenvalue weighted by atomic mass is 19.1. The maximum atomic E-state index is 12.5. The van der Waals surface area contributed by atoms with E-state index < -0.39 is 5.91 Å². The lowest BCUT2D eigenvalue weighted by molar-refractivity contribution is -0.112. The monoisotopic (exact) mass is 196 g/mol. The Kier molecular flexibility index (Phi) is 3.17. The van der Waals surface area contributed by atoms with Crippen LogP contribution >= 0.6 is 0 Å². The van der Waals surface area contributed by atoms with Gasteiger partial charge in [-0.25, -0.2) is 4.39 Å². The molecule has 1 aromatic rings. The largest absolute Gasteiger partial charge is 0.410 e. The molecule has 0 atom stereocenters.